The maximum atomic E-state index is 12.2. The van der Waals surface area contributed by atoms with Gasteiger partial charge >= 0.3 is 0 Å². The average molecular weight is 340 g/mol. The second-order valence-corrected chi connectivity index (χ2v) is 8.97. The number of nitrogens with zero attached hydrogens (tertiary/aromatic N) is 1. The molecule has 0 saturated carbocycles. The van der Waals surface area contributed by atoms with E-state index in [0.717, 1.165) is 17.7 Å². The standard InChI is InChI=1S/C11H18BrNO2S2/c1-4-10-5-6-11(16-10)17(14,15)13(3)8-7-9(2)12/h5-6,9H,4,7-8H2,1-3H3. The van der Waals surface area contributed by atoms with Crippen molar-refractivity contribution in [1.29, 1.82) is 0 Å². The molecular formula is C11H18BrNO2S2. The van der Waals surface area contributed by atoms with Crippen LogP contribution in [-0.2, 0) is 16.4 Å². The zero-order valence-corrected chi connectivity index (χ0v) is 13.5. The Morgan fingerprint density at radius 1 is 1.47 bits per heavy atom. The van der Waals surface area contributed by atoms with Crippen molar-refractivity contribution < 1.29 is 8.42 Å². The van der Waals surface area contributed by atoms with E-state index in [1.54, 1.807) is 13.1 Å². The normalized spacial score (nSPS) is 14.2. The van der Waals surface area contributed by atoms with E-state index in [1.165, 1.54) is 15.6 Å². The van der Waals surface area contributed by atoms with Crippen molar-refractivity contribution in [2.75, 3.05) is 13.6 Å². The van der Waals surface area contributed by atoms with Gasteiger partial charge < -0.3 is 0 Å². The first-order valence-electron chi connectivity index (χ1n) is 5.57. The monoisotopic (exact) mass is 339 g/mol. The van der Waals surface area contributed by atoms with Crippen LogP contribution in [0.25, 0.3) is 0 Å². The van der Waals surface area contributed by atoms with E-state index in [4.69, 9.17) is 0 Å². The molecule has 0 fully saturated rings. The van der Waals surface area contributed by atoms with Crippen LogP contribution in [0.2, 0.25) is 0 Å². The first kappa shape index (κ1) is 15.1. The molecule has 1 aromatic rings. The summed E-state index contributed by atoms with van der Waals surface area (Å²) in [5, 5.41) is 0. The smallest absolute Gasteiger partial charge is 0.206 e. The minimum absolute atomic E-state index is 0.328. The van der Waals surface area contributed by atoms with Crippen molar-refractivity contribution >= 4 is 37.3 Å². The highest BCUT2D eigenvalue weighted by molar-refractivity contribution is 9.09. The fourth-order valence-electron chi connectivity index (χ4n) is 1.32. The second kappa shape index (κ2) is 6.31. The minimum atomic E-state index is -3.29. The first-order chi connectivity index (χ1) is 7.87. The van der Waals surface area contributed by atoms with Crippen molar-refractivity contribution in [3.63, 3.8) is 0 Å². The molecule has 1 atom stereocenters. The third-order valence-corrected chi connectivity index (χ3v) is 6.50. The van der Waals surface area contributed by atoms with Gasteiger partial charge in [-0.1, -0.05) is 29.8 Å². The lowest BCUT2D eigenvalue weighted by Crippen LogP contribution is -2.28. The maximum Gasteiger partial charge on any atom is 0.252 e. The molecule has 1 heterocycles. The minimum Gasteiger partial charge on any atom is -0.206 e. The Kier molecular flexibility index (Phi) is 5.63. The summed E-state index contributed by atoms with van der Waals surface area (Å²) in [7, 11) is -1.66. The van der Waals surface area contributed by atoms with Gasteiger partial charge in [0.2, 0.25) is 0 Å². The predicted octanol–water partition coefficient (Wildman–Crippen LogP) is 3.10. The van der Waals surface area contributed by atoms with E-state index >= 15 is 0 Å². The lowest BCUT2D eigenvalue weighted by atomic mass is 10.3. The van der Waals surface area contributed by atoms with Crippen molar-refractivity contribution in [1.82, 2.24) is 4.31 Å². The molecule has 17 heavy (non-hydrogen) atoms. The van der Waals surface area contributed by atoms with Gasteiger partial charge in [-0.3, -0.25) is 0 Å². The molecule has 1 aromatic heterocycles. The topological polar surface area (TPSA) is 37.4 Å². The molecule has 0 aliphatic heterocycles. The molecule has 0 radical (unpaired) electrons. The molecule has 0 amide bonds. The van der Waals surface area contributed by atoms with Crippen molar-refractivity contribution in [2.24, 2.45) is 0 Å². The molecule has 0 N–H and O–H groups in total. The third-order valence-electron chi connectivity index (χ3n) is 2.49. The van der Waals surface area contributed by atoms with Crippen LogP contribution in [-0.4, -0.2) is 31.1 Å². The molecule has 0 bridgehead atoms. The summed E-state index contributed by atoms with van der Waals surface area (Å²) in [5.41, 5.74) is 0. The lowest BCUT2D eigenvalue weighted by Gasteiger charge is -2.16. The van der Waals surface area contributed by atoms with Crippen LogP contribution in [0, 0.1) is 0 Å². The predicted molar refractivity (Wildman–Crippen MR) is 76.5 cm³/mol. The van der Waals surface area contributed by atoms with Gasteiger partial charge in [0, 0.05) is 23.3 Å². The van der Waals surface area contributed by atoms with Crippen LogP contribution in [0.5, 0.6) is 0 Å². The first-order valence-corrected chi connectivity index (χ1v) is 8.74. The number of halogens is 1. The number of sulfonamides is 1. The summed E-state index contributed by atoms with van der Waals surface area (Å²) in [5.74, 6) is 0. The Balaban J connectivity index is 2.79. The molecule has 0 spiro atoms. The second-order valence-electron chi connectivity index (χ2n) is 3.97. The Morgan fingerprint density at radius 3 is 2.59 bits per heavy atom. The van der Waals surface area contributed by atoms with Crippen molar-refractivity contribution in [3.8, 4) is 0 Å². The zero-order valence-electron chi connectivity index (χ0n) is 10.3. The molecule has 6 heteroatoms. The van der Waals surface area contributed by atoms with Crippen LogP contribution in [0.3, 0.4) is 0 Å². The van der Waals surface area contributed by atoms with Gasteiger partial charge in [0.1, 0.15) is 4.21 Å². The highest BCUT2D eigenvalue weighted by Crippen LogP contribution is 2.24. The maximum absolute atomic E-state index is 12.2. The van der Waals surface area contributed by atoms with Crippen LogP contribution >= 0.6 is 27.3 Å². The largest absolute Gasteiger partial charge is 0.252 e. The number of alkyl halides is 1. The summed E-state index contributed by atoms with van der Waals surface area (Å²) in [6.07, 6.45) is 1.68. The van der Waals surface area contributed by atoms with Gasteiger partial charge in [0.15, 0.2) is 0 Å². The van der Waals surface area contributed by atoms with Crippen LogP contribution in [0.4, 0.5) is 0 Å². The highest BCUT2D eigenvalue weighted by Gasteiger charge is 2.22. The number of thiophene rings is 1. The van der Waals surface area contributed by atoms with Gasteiger partial charge in [-0.05, 0) is 25.0 Å². The van der Waals surface area contributed by atoms with Crippen molar-refractivity contribution in [3.05, 3.63) is 17.0 Å². The van der Waals surface area contributed by atoms with E-state index in [0.29, 0.717) is 15.6 Å². The van der Waals surface area contributed by atoms with Gasteiger partial charge in [-0.25, -0.2) is 12.7 Å². The summed E-state index contributed by atoms with van der Waals surface area (Å²) >= 11 is 4.78. The van der Waals surface area contributed by atoms with Crippen molar-refractivity contribution in [2.45, 2.75) is 35.7 Å². The molecule has 98 valence electrons. The van der Waals surface area contributed by atoms with E-state index in [1.807, 2.05) is 19.9 Å². The van der Waals surface area contributed by atoms with Gasteiger partial charge in [0.05, 0.1) is 0 Å². The Morgan fingerprint density at radius 2 is 2.12 bits per heavy atom. The Bertz CT molecular complexity index is 454. The molecule has 0 saturated heterocycles. The lowest BCUT2D eigenvalue weighted by molar-refractivity contribution is 0.464. The third kappa shape index (κ3) is 4.05. The zero-order chi connectivity index (χ0) is 13.1. The molecular weight excluding hydrogens is 322 g/mol. The van der Waals surface area contributed by atoms with Crippen LogP contribution < -0.4 is 0 Å². The quantitative estimate of drug-likeness (QED) is 0.746. The molecule has 1 rings (SSSR count). The fourth-order valence-corrected chi connectivity index (χ4v) is 4.22. The summed E-state index contributed by atoms with van der Waals surface area (Å²) in [4.78, 5) is 1.43. The summed E-state index contributed by atoms with van der Waals surface area (Å²) in [6, 6.07) is 3.59. The van der Waals surface area contributed by atoms with Gasteiger partial charge in [-0.2, -0.15) is 0 Å². The number of rotatable bonds is 6. The molecule has 0 aromatic carbocycles. The number of aryl methyl sites for hydroxylation is 1. The van der Waals surface area contributed by atoms with E-state index in [2.05, 4.69) is 15.9 Å². The van der Waals surface area contributed by atoms with E-state index in [-0.39, 0.29) is 0 Å². The fraction of sp³-hybridized carbons (Fsp3) is 0.636. The van der Waals surface area contributed by atoms with Gasteiger partial charge in [-0.15, -0.1) is 11.3 Å². The molecule has 0 aliphatic rings. The Labute approximate surface area is 116 Å². The van der Waals surface area contributed by atoms with Crippen LogP contribution in [0.15, 0.2) is 16.3 Å². The van der Waals surface area contributed by atoms with E-state index in [9.17, 15) is 8.42 Å². The number of hydrogen-bond donors (Lipinski definition) is 0. The average Bonchev–Trinajstić information content (AvgIpc) is 2.74. The van der Waals surface area contributed by atoms with Gasteiger partial charge in [0.25, 0.3) is 10.0 Å². The summed E-state index contributed by atoms with van der Waals surface area (Å²) < 4.78 is 26.3. The molecule has 1 unspecified atom stereocenters. The summed E-state index contributed by atoms with van der Waals surface area (Å²) in [6.45, 7) is 4.58. The number of hydrogen-bond acceptors (Lipinski definition) is 3. The molecule has 0 aliphatic carbocycles. The molecule has 3 nitrogen and oxygen atoms in total. The van der Waals surface area contributed by atoms with Crippen LogP contribution in [0.1, 0.15) is 25.1 Å². The Hall–Kier alpha value is 0.0900. The SMILES string of the molecule is CCc1ccc(S(=O)(=O)N(C)CCC(C)Br)s1. The van der Waals surface area contributed by atoms with E-state index < -0.39 is 10.0 Å². The highest BCUT2D eigenvalue weighted by atomic mass is 79.9.